The van der Waals surface area contributed by atoms with Crippen LogP contribution in [0.2, 0.25) is 5.02 Å². The summed E-state index contributed by atoms with van der Waals surface area (Å²) in [5.41, 5.74) is 1.41. The zero-order chi connectivity index (χ0) is 23.3. The van der Waals surface area contributed by atoms with Gasteiger partial charge in [-0.05, 0) is 29.8 Å². The van der Waals surface area contributed by atoms with Gasteiger partial charge in [-0.15, -0.1) is 12.4 Å². The molecule has 3 rings (SSSR count). The minimum absolute atomic E-state index is 0. The van der Waals surface area contributed by atoms with Crippen LogP contribution in [-0.4, -0.2) is 47.3 Å². The number of rotatable bonds is 7. The summed E-state index contributed by atoms with van der Waals surface area (Å²) in [5.74, 6) is -3.62. The number of hydrogen-bond acceptors (Lipinski definition) is 4. The SMILES string of the molecule is CN(C)C=Nc1cccc(CNC(=O)c2cc(NC(=O)c3cc(F)c(F)cc3Cl)n[nH]2)c1.Cl. The van der Waals surface area contributed by atoms with Crippen LogP contribution in [0.4, 0.5) is 20.3 Å². The first-order chi connectivity index (χ1) is 15.2. The Morgan fingerprint density at radius 2 is 1.88 bits per heavy atom. The molecule has 0 aliphatic rings. The molecule has 174 valence electrons. The van der Waals surface area contributed by atoms with Crippen molar-refractivity contribution in [1.82, 2.24) is 20.4 Å². The summed E-state index contributed by atoms with van der Waals surface area (Å²) in [7, 11) is 3.72. The van der Waals surface area contributed by atoms with Gasteiger partial charge in [0.1, 0.15) is 5.69 Å². The fourth-order valence-corrected chi connectivity index (χ4v) is 2.82. The van der Waals surface area contributed by atoms with E-state index in [1.807, 2.05) is 43.3 Å². The van der Waals surface area contributed by atoms with Gasteiger partial charge in [-0.25, -0.2) is 13.8 Å². The number of aliphatic imine (C=N–C) groups is 1. The monoisotopic (exact) mass is 496 g/mol. The van der Waals surface area contributed by atoms with E-state index in [-0.39, 0.29) is 41.0 Å². The Morgan fingerprint density at radius 1 is 1.15 bits per heavy atom. The number of carbonyl (C=O) groups excluding carboxylic acids is 2. The average molecular weight is 497 g/mol. The summed E-state index contributed by atoms with van der Waals surface area (Å²) < 4.78 is 26.6. The van der Waals surface area contributed by atoms with Crippen molar-refractivity contribution in [3.8, 4) is 0 Å². The number of amides is 2. The number of nitrogens with zero attached hydrogens (tertiary/aromatic N) is 3. The van der Waals surface area contributed by atoms with Crippen molar-refractivity contribution in [2.45, 2.75) is 6.54 Å². The highest BCUT2D eigenvalue weighted by molar-refractivity contribution is 6.34. The third kappa shape index (κ3) is 6.99. The van der Waals surface area contributed by atoms with Gasteiger partial charge in [0.15, 0.2) is 17.5 Å². The fourth-order valence-electron chi connectivity index (χ4n) is 2.59. The second kappa shape index (κ2) is 11.4. The number of benzene rings is 2. The second-order valence-corrected chi connectivity index (χ2v) is 7.34. The number of aromatic amines is 1. The number of halogens is 4. The van der Waals surface area contributed by atoms with E-state index < -0.39 is 23.4 Å². The van der Waals surface area contributed by atoms with Gasteiger partial charge in [-0.1, -0.05) is 23.7 Å². The molecule has 3 N–H and O–H groups in total. The van der Waals surface area contributed by atoms with Gasteiger partial charge < -0.3 is 15.5 Å². The maximum atomic E-state index is 13.4. The molecule has 3 aromatic rings. The van der Waals surface area contributed by atoms with Crippen molar-refractivity contribution in [2.24, 2.45) is 4.99 Å². The van der Waals surface area contributed by atoms with Crippen LogP contribution in [0.1, 0.15) is 26.4 Å². The van der Waals surface area contributed by atoms with Crippen molar-refractivity contribution in [1.29, 1.82) is 0 Å². The van der Waals surface area contributed by atoms with Crippen molar-refractivity contribution in [2.75, 3.05) is 19.4 Å². The molecule has 2 aromatic carbocycles. The molecule has 0 fully saturated rings. The van der Waals surface area contributed by atoms with Gasteiger partial charge >= 0.3 is 0 Å². The molecule has 0 saturated carbocycles. The highest BCUT2D eigenvalue weighted by Crippen LogP contribution is 2.21. The topological polar surface area (TPSA) is 102 Å². The van der Waals surface area contributed by atoms with E-state index in [1.54, 1.807) is 6.34 Å². The van der Waals surface area contributed by atoms with Crippen LogP contribution >= 0.6 is 24.0 Å². The lowest BCUT2D eigenvalue weighted by atomic mass is 10.2. The predicted molar refractivity (Wildman–Crippen MR) is 125 cm³/mol. The van der Waals surface area contributed by atoms with Gasteiger partial charge in [0, 0.05) is 26.7 Å². The van der Waals surface area contributed by atoms with Gasteiger partial charge in [0.2, 0.25) is 0 Å². The van der Waals surface area contributed by atoms with E-state index >= 15 is 0 Å². The quantitative estimate of drug-likeness (QED) is 0.259. The average Bonchev–Trinajstić information content (AvgIpc) is 3.22. The van der Waals surface area contributed by atoms with Crippen LogP contribution in [0.15, 0.2) is 47.5 Å². The number of anilines is 1. The minimum Gasteiger partial charge on any atom is -0.369 e. The number of H-pyrrole nitrogens is 1. The van der Waals surface area contributed by atoms with Crippen LogP contribution in [-0.2, 0) is 6.54 Å². The van der Waals surface area contributed by atoms with E-state index in [1.165, 1.54) is 6.07 Å². The molecular weight excluding hydrogens is 477 g/mol. The third-order valence-corrected chi connectivity index (χ3v) is 4.43. The second-order valence-electron chi connectivity index (χ2n) is 6.93. The Morgan fingerprint density at radius 3 is 2.61 bits per heavy atom. The predicted octanol–water partition coefficient (Wildman–Crippen LogP) is 4.17. The molecule has 0 atom stereocenters. The Hall–Kier alpha value is -3.50. The van der Waals surface area contributed by atoms with Gasteiger partial charge in [-0.3, -0.25) is 14.7 Å². The van der Waals surface area contributed by atoms with Crippen molar-refractivity contribution >= 4 is 53.7 Å². The first-order valence-corrected chi connectivity index (χ1v) is 9.70. The van der Waals surface area contributed by atoms with Crippen molar-refractivity contribution in [3.63, 3.8) is 0 Å². The summed E-state index contributed by atoms with van der Waals surface area (Å²) in [6.45, 7) is 0.245. The molecule has 0 saturated heterocycles. The summed E-state index contributed by atoms with van der Waals surface area (Å²) >= 11 is 5.79. The standard InChI is InChI=1S/C21H19ClF2N6O2.ClH/c1-30(2)11-26-13-5-3-4-12(6-13)10-25-21(32)18-9-19(29-28-18)27-20(31)14-7-16(23)17(24)8-15(14)22;/h3-9,11H,10H2,1-2H3,(H,25,32)(H2,27,28,29,31);1H. The largest absolute Gasteiger partial charge is 0.369 e. The van der Waals surface area contributed by atoms with Crippen LogP contribution < -0.4 is 10.6 Å². The smallest absolute Gasteiger partial charge is 0.269 e. The third-order valence-electron chi connectivity index (χ3n) is 4.12. The summed E-state index contributed by atoms with van der Waals surface area (Å²) in [6, 6.07) is 10.0. The van der Waals surface area contributed by atoms with Crippen LogP contribution in [0.5, 0.6) is 0 Å². The molecule has 2 amide bonds. The lowest BCUT2D eigenvalue weighted by Crippen LogP contribution is -2.23. The van der Waals surface area contributed by atoms with Crippen LogP contribution in [0, 0.1) is 11.6 Å². The first-order valence-electron chi connectivity index (χ1n) is 9.32. The maximum Gasteiger partial charge on any atom is 0.269 e. The molecule has 8 nitrogen and oxygen atoms in total. The van der Waals surface area contributed by atoms with E-state index in [2.05, 4.69) is 25.8 Å². The van der Waals surface area contributed by atoms with Gasteiger partial charge in [0.25, 0.3) is 11.8 Å². The minimum atomic E-state index is -1.21. The molecule has 1 heterocycles. The number of hydrogen-bond donors (Lipinski definition) is 3. The van der Waals surface area contributed by atoms with Gasteiger partial charge in [0.05, 0.1) is 22.6 Å². The first kappa shape index (κ1) is 25.8. The number of nitrogens with one attached hydrogen (secondary N) is 3. The molecule has 0 aliphatic heterocycles. The molecule has 1 aromatic heterocycles. The summed E-state index contributed by atoms with van der Waals surface area (Å²) in [5, 5.41) is 11.2. The highest BCUT2D eigenvalue weighted by Gasteiger charge is 2.17. The maximum absolute atomic E-state index is 13.4. The Labute approximate surface area is 199 Å². The van der Waals surface area contributed by atoms with Gasteiger partial charge in [-0.2, -0.15) is 5.10 Å². The lowest BCUT2D eigenvalue weighted by molar-refractivity contribution is 0.0945. The fraction of sp³-hybridized carbons (Fsp3) is 0.143. The van der Waals surface area contributed by atoms with E-state index in [0.29, 0.717) is 12.1 Å². The zero-order valence-corrected chi connectivity index (χ0v) is 19.1. The normalized spacial score (nSPS) is 10.6. The summed E-state index contributed by atoms with van der Waals surface area (Å²) in [4.78, 5) is 30.8. The Balaban J connectivity index is 0.00000385. The lowest BCUT2D eigenvalue weighted by Gasteiger charge is -2.06. The molecule has 0 radical (unpaired) electrons. The van der Waals surface area contributed by atoms with E-state index in [9.17, 15) is 18.4 Å². The zero-order valence-electron chi connectivity index (χ0n) is 17.5. The molecule has 0 spiro atoms. The number of aromatic nitrogens is 2. The molecule has 33 heavy (non-hydrogen) atoms. The van der Waals surface area contributed by atoms with Crippen LogP contribution in [0.25, 0.3) is 0 Å². The summed E-state index contributed by atoms with van der Waals surface area (Å²) in [6.07, 6.45) is 1.67. The molecule has 0 aliphatic carbocycles. The van der Waals surface area contributed by atoms with E-state index in [4.69, 9.17) is 11.6 Å². The van der Waals surface area contributed by atoms with Crippen LogP contribution in [0.3, 0.4) is 0 Å². The Kier molecular flexibility index (Phi) is 8.89. The highest BCUT2D eigenvalue weighted by atomic mass is 35.5. The molecule has 0 bridgehead atoms. The molecule has 12 heteroatoms. The number of carbonyl (C=O) groups is 2. The van der Waals surface area contributed by atoms with Crippen molar-refractivity contribution in [3.05, 3.63) is 75.9 Å². The molecular formula is C21H20Cl2F2N6O2. The Bertz CT molecular complexity index is 1180. The van der Waals surface area contributed by atoms with Crippen molar-refractivity contribution < 1.29 is 18.4 Å². The molecule has 0 unspecified atom stereocenters. The van der Waals surface area contributed by atoms with E-state index in [0.717, 1.165) is 11.3 Å².